The van der Waals surface area contributed by atoms with E-state index in [4.69, 9.17) is 15.3 Å². The standard InChI is InChI=1S/C3H6O2.CH3O2.Na/c1-2-3(4)5;2-1-3;/h2H2,1H3,(H,4,5);1-3H;/q;-1;+1. The summed E-state index contributed by atoms with van der Waals surface area (Å²) in [6, 6.07) is 0. The molecule has 0 aliphatic heterocycles. The summed E-state index contributed by atoms with van der Waals surface area (Å²) in [6.07, 6.45) is 0.222. The van der Waals surface area contributed by atoms with E-state index >= 15 is 0 Å². The van der Waals surface area contributed by atoms with Crippen LogP contribution < -0.4 is 29.6 Å². The van der Waals surface area contributed by atoms with Gasteiger partial charge in [-0.25, -0.2) is 0 Å². The number of aliphatic hydroxyl groups excluding tert-OH is 1. The molecule has 0 saturated carbocycles. The summed E-state index contributed by atoms with van der Waals surface area (Å²) in [4.78, 5) is 9.37. The first-order valence-electron chi connectivity index (χ1n) is 2.00. The zero-order valence-electron chi connectivity index (χ0n) is 5.53. The van der Waals surface area contributed by atoms with Crippen molar-refractivity contribution in [3.8, 4) is 0 Å². The Morgan fingerprint density at radius 2 is 1.67 bits per heavy atom. The van der Waals surface area contributed by atoms with Gasteiger partial charge in [-0.2, -0.15) is 0 Å². The smallest absolute Gasteiger partial charge is 0.539 e. The third kappa shape index (κ3) is 60.0. The molecule has 0 aliphatic carbocycles. The summed E-state index contributed by atoms with van der Waals surface area (Å²) in [6.45, 7) is 1.60. The summed E-state index contributed by atoms with van der Waals surface area (Å²) in [7, 11) is 0. The van der Waals surface area contributed by atoms with Crippen LogP contribution in [0.15, 0.2) is 0 Å². The van der Waals surface area contributed by atoms with Crippen LogP contribution in [0.3, 0.4) is 0 Å². The fraction of sp³-hybridized carbons (Fsp3) is 0.500. The Balaban J connectivity index is -0.0000000800. The van der Waals surface area contributed by atoms with Gasteiger partial charge in [-0.1, -0.05) is 6.92 Å². The topological polar surface area (TPSA) is 77.8 Å². The Morgan fingerprint density at radius 3 is 1.67 bits per heavy atom. The summed E-state index contributed by atoms with van der Waals surface area (Å²) in [5.41, 5.74) is 0. The van der Waals surface area contributed by atoms with Crippen molar-refractivity contribution in [3.63, 3.8) is 0 Å². The van der Waals surface area contributed by atoms with Gasteiger partial charge in [0.05, 0.1) is 0 Å². The van der Waals surface area contributed by atoms with E-state index in [0.29, 0.717) is 0 Å². The molecule has 0 radical (unpaired) electrons. The van der Waals surface area contributed by atoms with Gasteiger partial charge in [0.2, 0.25) is 0 Å². The van der Waals surface area contributed by atoms with Gasteiger partial charge < -0.3 is 15.3 Å². The van der Waals surface area contributed by atoms with Crippen LogP contribution in [0.4, 0.5) is 0 Å². The van der Waals surface area contributed by atoms with Crippen molar-refractivity contribution in [3.05, 3.63) is 6.79 Å². The molecule has 0 aromatic heterocycles. The monoisotopic (exact) mass is 144 g/mol. The van der Waals surface area contributed by atoms with E-state index in [-0.39, 0.29) is 42.8 Å². The van der Waals surface area contributed by atoms with Crippen LogP contribution in [0.25, 0.3) is 0 Å². The van der Waals surface area contributed by atoms with Crippen molar-refractivity contribution in [1.82, 2.24) is 0 Å². The zero-order chi connectivity index (χ0) is 6.99. The van der Waals surface area contributed by atoms with E-state index in [9.17, 15) is 4.79 Å². The Bertz CT molecular complexity index is 56.5. The molecule has 0 aliphatic rings. The molecular weight excluding hydrogens is 135 g/mol. The van der Waals surface area contributed by atoms with Crippen molar-refractivity contribution in [1.29, 1.82) is 0 Å². The Labute approximate surface area is 75.8 Å². The van der Waals surface area contributed by atoms with Gasteiger partial charge in [0.15, 0.2) is 0 Å². The number of hydrogen-bond acceptors (Lipinski definition) is 3. The molecule has 0 fully saturated rings. The molecule has 0 unspecified atom stereocenters. The molecule has 0 heterocycles. The Morgan fingerprint density at radius 1 is 1.56 bits per heavy atom. The average Bonchev–Trinajstić information content (AvgIpc) is 1.69. The second-order valence-corrected chi connectivity index (χ2v) is 0.863. The fourth-order valence-corrected chi connectivity index (χ4v) is 0. The van der Waals surface area contributed by atoms with Crippen molar-refractivity contribution in [2.24, 2.45) is 0 Å². The van der Waals surface area contributed by atoms with Gasteiger partial charge in [-0.15, -0.1) is 6.79 Å². The van der Waals surface area contributed by atoms with Crippen LogP contribution in [0.5, 0.6) is 0 Å². The number of carboxylic acid groups (broad SMARTS) is 1. The number of carboxylic acids is 1. The maximum atomic E-state index is 9.37. The normalized spacial score (nSPS) is 6.11. The van der Waals surface area contributed by atoms with Gasteiger partial charge in [-0.3, -0.25) is 4.79 Å². The summed E-state index contributed by atoms with van der Waals surface area (Å²) in [5.74, 6) is -0.745. The maximum Gasteiger partial charge on any atom is 1.00 e. The quantitative estimate of drug-likeness (QED) is 0.277. The number of rotatable bonds is 1. The largest absolute Gasteiger partial charge is 1.00 e. The van der Waals surface area contributed by atoms with E-state index in [1.807, 2.05) is 0 Å². The fourth-order valence-electron chi connectivity index (χ4n) is 0. The van der Waals surface area contributed by atoms with E-state index in [1.165, 1.54) is 0 Å². The summed E-state index contributed by atoms with van der Waals surface area (Å²) >= 11 is 0. The first kappa shape index (κ1) is 16.2. The van der Waals surface area contributed by atoms with Gasteiger partial charge in [-0.05, 0) is 0 Å². The zero-order valence-corrected chi connectivity index (χ0v) is 7.53. The Hall–Kier alpha value is 0.390. The molecule has 0 aromatic carbocycles. The molecule has 9 heavy (non-hydrogen) atoms. The molecule has 0 atom stereocenters. The minimum absolute atomic E-state index is 0. The van der Waals surface area contributed by atoms with Crippen LogP contribution >= 0.6 is 0 Å². The van der Waals surface area contributed by atoms with Crippen molar-refractivity contribution < 1.29 is 49.7 Å². The summed E-state index contributed by atoms with van der Waals surface area (Å²) in [5, 5.41) is 21.7. The van der Waals surface area contributed by atoms with Crippen LogP contribution in [0.1, 0.15) is 13.3 Å². The van der Waals surface area contributed by atoms with E-state index in [2.05, 4.69) is 0 Å². The third-order valence-corrected chi connectivity index (χ3v) is 0.302. The molecule has 4 nitrogen and oxygen atoms in total. The second kappa shape index (κ2) is 15.8. The molecule has 0 rings (SSSR count). The minimum Gasteiger partial charge on any atom is -0.539 e. The maximum absolute atomic E-state index is 9.37. The van der Waals surface area contributed by atoms with Crippen molar-refractivity contribution >= 4 is 5.97 Å². The molecule has 5 heteroatoms. The van der Waals surface area contributed by atoms with Gasteiger partial charge in [0.1, 0.15) is 0 Å². The molecule has 0 bridgehead atoms. The van der Waals surface area contributed by atoms with Gasteiger partial charge >= 0.3 is 35.5 Å². The van der Waals surface area contributed by atoms with Gasteiger partial charge in [0, 0.05) is 6.42 Å². The molecule has 0 spiro atoms. The van der Waals surface area contributed by atoms with Gasteiger partial charge in [0.25, 0.3) is 0 Å². The number of aliphatic hydroxyl groups is 2. The third-order valence-electron chi connectivity index (χ3n) is 0.302. The van der Waals surface area contributed by atoms with E-state index in [1.54, 1.807) is 6.92 Å². The van der Waals surface area contributed by atoms with Crippen LogP contribution in [-0.2, 0) is 4.79 Å². The molecule has 0 amide bonds. The van der Waals surface area contributed by atoms with Crippen LogP contribution in [0.2, 0.25) is 0 Å². The number of aliphatic carboxylic acids is 1. The number of carbonyl (C=O) groups is 1. The molecule has 0 saturated heterocycles. The second-order valence-electron chi connectivity index (χ2n) is 0.863. The minimum atomic E-state index is -0.745. The predicted molar refractivity (Wildman–Crippen MR) is 26.1 cm³/mol. The van der Waals surface area contributed by atoms with Crippen LogP contribution in [-0.4, -0.2) is 21.3 Å². The summed E-state index contributed by atoms with van der Waals surface area (Å²) < 4.78 is 0. The first-order chi connectivity index (χ1) is 3.68. The molecule has 3 N–H and O–H groups in total. The van der Waals surface area contributed by atoms with Crippen molar-refractivity contribution in [2.75, 3.05) is 0 Å². The van der Waals surface area contributed by atoms with Crippen molar-refractivity contribution in [2.45, 2.75) is 13.3 Å². The van der Waals surface area contributed by atoms with E-state index in [0.717, 1.165) is 0 Å². The number of hydrogen-bond donors (Lipinski definition) is 3. The predicted octanol–water partition coefficient (Wildman–Crippen LogP) is -2.66. The molecule has 0 aromatic rings. The molecular formula is C4H9NaO4. The molecule has 50 valence electrons. The average molecular weight is 144 g/mol. The van der Waals surface area contributed by atoms with Crippen LogP contribution in [0, 0.1) is 6.79 Å². The van der Waals surface area contributed by atoms with E-state index < -0.39 is 5.97 Å². The SMILES string of the molecule is CCC(=O)O.O[CH-]O.[Na+]. The first-order valence-corrected chi connectivity index (χ1v) is 2.00. The Kier molecular flexibility index (Phi) is 28.4.